The number of carboxylic acid groups (broad SMARTS) is 1. The van der Waals surface area contributed by atoms with Crippen LogP contribution in [0.15, 0.2) is 21.7 Å². The van der Waals surface area contributed by atoms with Gasteiger partial charge in [0.1, 0.15) is 11.8 Å². The molecular formula is C17H13ClF4N2O6. The summed E-state index contributed by atoms with van der Waals surface area (Å²) < 4.78 is 65.2. The van der Waals surface area contributed by atoms with Crippen LogP contribution in [-0.4, -0.2) is 40.0 Å². The molecular weight excluding hydrogens is 440 g/mol. The summed E-state index contributed by atoms with van der Waals surface area (Å²) >= 11 is 6.02. The molecule has 2 heterocycles. The average Bonchev–Trinajstić information content (AvgIpc) is 2.66. The van der Waals surface area contributed by atoms with Gasteiger partial charge in [-0.1, -0.05) is 11.6 Å². The van der Waals surface area contributed by atoms with E-state index in [1.807, 2.05) is 0 Å². The summed E-state index contributed by atoms with van der Waals surface area (Å²) in [5, 5.41) is 8.85. The molecule has 1 aromatic carbocycles. The van der Waals surface area contributed by atoms with Gasteiger partial charge in [-0.3, -0.25) is 9.36 Å². The van der Waals surface area contributed by atoms with Crippen LogP contribution in [0.1, 0.15) is 27.7 Å². The van der Waals surface area contributed by atoms with Crippen molar-refractivity contribution < 1.29 is 36.9 Å². The number of carboxylic acids is 1. The monoisotopic (exact) mass is 452 g/mol. The Morgan fingerprint density at radius 2 is 1.93 bits per heavy atom. The molecule has 3 rings (SSSR count). The van der Waals surface area contributed by atoms with Crippen molar-refractivity contribution in [3.8, 4) is 5.69 Å². The number of carbonyl (C=O) groups is 1. The highest BCUT2D eigenvalue weighted by Crippen LogP contribution is 2.36. The molecule has 0 amide bonds. The van der Waals surface area contributed by atoms with Gasteiger partial charge in [0, 0.05) is 18.7 Å². The molecule has 2 aromatic rings. The molecule has 1 aliphatic rings. The number of benzene rings is 1. The standard InChI is InChI=1S/C17H13ClF4N2O6/c1-23-10(17(20,21)22)5-11(25)24(16(23)28)8-4-7(15(26)27)13(18)12(14(8)19)9-6-29-2-3-30-9/h4-5,9H,2-3,6H2,1H3,(H,26,27). The van der Waals surface area contributed by atoms with Gasteiger partial charge >= 0.3 is 17.8 Å². The number of rotatable bonds is 3. The summed E-state index contributed by atoms with van der Waals surface area (Å²) in [6, 6.07) is 0.707. The SMILES string of the molecule is Cn1c(C(F)(F)F)cc(=O)n(-c2cc(C(=O)O)c(Cl)c(C3COCCO3)c2F)c1=O. The molecule has 1 atom stereocenters. The minimum atomic E-state index is -5.02. The van der Waals surface area contributed by atoms with Crippen LogP contribution in [0.3, 0.4) is 0 Å². The van der Waals surface area contributed by atoms with E-state index in [1.54, 1.807) is 0 Å². The van der Waals surface area contributed by atoms with Crippen molar-refractivity contribution in [3.05, 3.63) is 60.6 Å². The molecule has 0 spiro atoms. The molecule has 0 radical (unpaired) electrons. The number of halogens is 5. The quantitative estimate of drug-likeness (QED) is 0.716. The lowest BCUT2D eigenvalue weighted by Crippen LogP contribution is -2.41. The van der Waals surface area contributed by atoms with Gasteiger partial charge < -0.3 is 14.6 Å². The highest BCUT2D eigenvalue weighted by molar-refractivity contribution is 6.34. The van der Waals surface area contributed by atoms with E-state index < -0.39 is 62.8 Å². The van der Waals surface area contributed by atoms with Crippen molar-refractivity contribution >= 4 is 17.6 Å². The van der Waals surface area contributed by atoms with Gasteiger partial charge in [0.2, 0.25) is 0 Å². The van der Waals surface area contributed by atoms with Crippen LogP contribution in [0.25, 0.3) is 5.69 Å². The molecule has 0 saturated carbocycles. The second kappa shape index (κ2) is 7.85. The Morgan fingerprint density at radius 1 is 1.27 bits per heavy atom. The summed E-state index contributed by atoms with van der Waals surface area (Å²) in [7, 11) is 0.742. The Kier molecular flexibility index (Phi) is 5.76. The lowest BCUT2D eigenvalue weighted by Gasteiger charge is -2.26. The molecule has 1 unspecified atom stereocenters. The number of aromatic carboxylic acids is 1. The van der Waals surface area contributed by atoms with Gasteiger partial charge in [0.15, 0.2) is 5.82 Å². The maximum absolute atomic E-state index is 15.3. The molecule has 0 aliphatic carbocycles. The van der Waals surface area contributed by atoms with E-state index >= 15 is 4.39 Å². The Balaban J connectivity index is 2.36. The topological polar surface area (TPSA) is 99.8 Å². The van der Waals surface area contributed by atoms with Crippen LogP contribution in [0.2, 0.25) is 5.02 Å². The first-order chi connectivity index (χ1) is 13.9. The van der Waals surface area contributed by atoms with Gasteiger partial charge in [-0.2, -0.15) is 13.2 Å². The van der Waals surface area contributed by atoms with E-state index in [-0.39, 0.29) is 35.0 Å². The van der Waals surface area contributed by atoms with Gasteiger partial charge in [0.05, 0.1) is 36.1 Å². The Hall–Kier alpha value is -2.70. The van der Waals surface area contributed by atoms with E-state index in [0.717, 1.165) is 7.05 Å². The Labute approximate surface area is 169 Å². The third-order valence-corrected chi connectivity index (χ3v) is 4.84. The van der Waals surface area contributed by atoms with Crippen LogP contribution >= 0.6 is 11.6 Å². The van der Waals surface area contributed by atoms with Gasteiger partial charge in [0.25, 0.3) is 5.56 Å². The first-order valence-corrected chi connectivity index (χ1v) is 8.68. The smallest absolute Gasteiger partial charge is 0.431 e. The zero-order chi connectivity index (χ0) is 22.4. The second-order valence-electron chi connectivity index (χ2n) is 6.27. The zero-order valence-corrected chi connectivity index (χ0v) is 15.9. The molecule has 1 aromatic heterocycles. The molecule has 0 bridgehead atoms. The minimum Gasteiger partial charge on any atom is -0.478 e. The lowest BCUT2D eigenvalue weighted by molar-refractivity contribution is -0.144. The molecule has 1 N–H and O–H groups in total. The molecule has 1 saturated heterocycles. The third-order valence-electron chi connectivity index (χ3n) is 4.44. The highest BCUT2D eigenvalue weighted by atomic mass is 35.5. The van der Waals surface area contributed by atoms with Crippen molar-refractivity contribution in [2.75, 3.05) is 19.8 Å². The number of alkyl halides is 3. The van der Waals surface area contributed by atoms with E-state index in [9.17, 15) is 32.7 Å². The first kappa shape index (κ1) is 22.0. The predicted octanol–water partition coefficient (Wildman–Crippen LogP) is 2.13. The largest absolute Gasteiger partial charge is 0.478 e. The summed E-state index contributed by atoms with van der Waals surface area (Å²) in [4.78, 5) is 36.4. The summed E-state index contributed by atoms with van der Waals surface area (Å²) in [5.74, 6) is -2.91. The van der Waals surface area contributed by atoms with Crippen LogP contribution in [0, 0.1) is 5.82 Å². The van der Waals surface area contributed by atoms with Gasteiger partial charge in [-0.15, -0.1) is 0 Å². The zero-order valence-electron chi connectivity index (χ0n) is 15.1. The highest BCUT2D eigenvalue weighted by Gasteiger charge is 2.36. The molecule has 1 aliphatic heterocycles. The Bertz CT molecular complexity index is 1140. The molecule has 162 valence electrons. The van der Waals surface area contributed by atoms with Crippen molar-refractivity contribution in [3.63, 3.8) is 0 Å². The van der Waals surface area contributed by atoms with E-state index in [4.69, 9.17) is 21.1 Å². The number of ether oxygens (including phenoxy) is 2. The average molecular weight is 453 g/mol. The third kappa shape index (κ3) is 3.73. The van der Waals surface area contributed by atoms with Crippen molar-refractivity contribution in [2.24, 2.45) is 7.05 Å². The molecule has 30 heavy (non-hydrogen) atoms. The van der Waals surface area contributed by atoms with Gasteiger partial charge in [-0.05, 0) is 6.07 Å². The van der Waals surface area contributed by atoms with E-state index in [1.165, 1.54) is 0 Å². The number of hydrogen-bond donors (Lipinski definition) is 1. The molecule has 8 nitrogen and oxygen atoms in total. The van der Waals surface area contributed by atoms with E-state index in [2.05, 4.69) is 0 Å². The van der Waals surface area contributed by atoms with Crippen molar-refractivity contribution in [1.82, 2.24) is 9.13 Å². The maximum atomic E-state index is 15.3. The van der Waals surface area contributed by atoms with Crippen molar-refractivity contribution in [2.45, 2.75) is 12.3 Å². The number of hydrogen-bond acceptors (Lipinski definition) is 5. The first-order valence-electron chi connectivity index (χ1n) is 8.30. The molecule has 13 heteroatoms. The summed E-state index contributed by atoms with van der Waals surface area (Å²) in [5.41, 5.74) is -6.62. The fraction of sp³-hybridized carbons (Fsp3) is 0.353. The minimum absolute atomic E-state index is 0.0368. The normalized spacial score (nSPS) is 17.2. The van der Waals surface area contributed by atoms with Crippen LogP contribution in [-0.2, 0) is 22.7 Å². The van der Waals surface area contributed by atoms with Crippen LogP contribution < -0.4 is 11.2 Å². The number of aromatic nitrogens is 2. The molecule has 1 fully saturated rings. The Morgan fingerprint density at radius 3 is 2.47 bits per heavy atom. The van der Waals surface area contributed by atoms with Crippen LogP contribution in [0.5, 0.6) is 0 Å². The fourth-order valence-corrected chi connectivity index (χ4v) is 3.36. The van der Waals surface area contributed by atoms with Gasteiger partial charge in [-0.25, -0.2) is 18.5 Å². The summed E-state index contributed by atoms with van der Waals surface area (Å²) in [6.45, 7) is 0.0360. The number of nitrogens with zero attached hydrogens (tertiary/aromatic N) is 2. The fourth-order valence-electron chi connectivity index (χ4n) is 3.02. The maximum Gasteiger partial charge on any atom is 0.431 e. The second-order valence-corrected chi connectivity index (χ2v) is 6.64. The predicted molar refractivity (Wildman–Crippen MR) is 93.7 cm³/mol. The lowest BCUT2D eigenvalue weighted by atomic mass is 10.0. The van der Waals surface area contributed by atoms with Crippen molar-refractivity contribution in [1.29, 1.82) is 0 Å². The van der Waals surface area contributed by atoms with E-state index in [0.29, 0.717) is 6.07 Å². The summed E-state index contributed by atoms with van der Waals surface area (Å²) in [6.07, 6.45) is -6.17. The van der Waals surface area contributed by atoms with Crippen LogP contribution in [0.4, 0.5) is 17.6 Å².